The van der Waals surface area contributed by atoms with E-state index in [1.54, 1.807) is 19.1 Å². The van der Waals surface area contributed by atoms with Gasteiger partial charge in [0.15, 0.2) is 15.8 Å². The first-order valence-electron chi connectivity index (χ1n) is 7.71. The summed E-state index contributed by atoms with van der Waals surface area (Å²) in [5.74, 6) is 1.19. The average Bonchev–Trinajstić information content (AvgIpc) is 2.88. The number of anilines is 1. The predicted molar refractivity (Wildman–Crippen MR) is 119 cm³/mol. The second-order valence-electron chi connectivity index (χ2n) is 5.54. The molecule has 0 spiro atoms. The Hall–Kier alpha value is -1.58. The molecule has 3 rings (SSSR count). The molecule has 0 aromatic heterocycles. The minimum atomic E-state index is -0.112. The van der Waals surface area contributed by atoms with Crippen LogP contribution in [0, 0.1) is 10.5 Å². The molecule has 1 aliphatic rings. The lowest BCUT2D eigenvalue weighted by atomic mass is 10.1. The van der Waals surface area contributed by atoms with Gasteiger partial charge in [-0.15, -0.1) is 0 Å². The summed E-state index contributed by atoms with van der Waals surface area (Å²) in [5, 5.41) is 0. The number of methoxy groups -OCH3 is 2. The molecule has 1 heterocycles. The standard InChI is InChI=1S/C19H16INO3S2/c1-11-6-4-5-7-14(11)21-18(22)16(26-19(21)25)10-12-8-13(20)17(24-3)15(9-12)23-2/h4-10H,1-3H3/b16-10+. The van der Waals surface area contributed by atoms with Crippen LogP contribution in [0.3, 0.4) is 0 Å². The number of benzene rings is 2. The van der Waals surface area contributed by atoms with Crippen LogP contribution in [0.25, 0.3) is 6.08 Å². The third kappa shape index (κ3) is 3.60. The molecule has 1 amide bonds. The molecule has 0 saturated carbocycles. The molecule has 0 unspecified atom stereocenters. The first-order chi connectivity index (χ1) is 12.5. The Morgan fingerprint density at radius 2 is 1.92 bits per heavy atom. The zero-order chi connectivity index (χ0) is 18.8. The largest absolute Gasteiger partial charge is 0.493 e. The number of halogens is 1. The molecular formula is C19H16INO3S2. The molecule has 1 saturated heterocycles. The minimum absolute atomic E-state index is 0.112. The Bertz CT molecular complexity index is 927. The molecule has 0 aliphatic carbocycles. The maximum Gasteiger partial charge on any atom is 0.270 e. The van der Waals surface area contributed by atoms with Crippen molar-refractivity contribution in [1.29, 1.82) is 0 Å². The Labute approximate surface area is 175 Å². The predicted octanol–water partition coefficient (Wildman–Crippen LogP) is 5.02. The molecule has 2 aromatic carbocycles. The van der Waals surface area contributed by atoms with E-state index >= 15 is 0 Å². The maximum absolute atomic E-state index is 12.9. The summed E-state index contributed by atoms with van der Waals surface area (Å²) in [4.78, 5) is 15.1. The lowest BCUT2D eigenvalue weighted by molar-refractivity contribution is -0.113. The highest BCUT2D eigenvalue weighted by molar-refractivity contribution is 14.1. The Kier molecular flexibility index (Phi) is 5.89. The number of hydrogen-bond donors (Lipinski definition) is 0. The molecular weight excluding hydrogens is 481 g/mol. The Morgan fingerprint density at radius 1 is 1.19 bits per heavy atom. The second kappa shape index (κ2) is 7.98. The first-order valence-corrected chi connectivity index (χ1v) is 10.0. The monoisotopic (exact) mass is 497 g/mol. The third-order valence-electron chi connectivity index (χ3n) is 3.90. The van der Waals surface area contributed by atoms with Crippen LogP contribution >= 0.6 is 46.6 Å². The van der Waals surface area contributed by atoms with Crippen LogP contribution in [0.1, 0.15) is 11.1 Å². The van der Waals surface area contributed by atoms with Gasteiger partial charge in [0.25, 0.3) is 5.91 Å². The van der Waals surface area contributed by atoms with Crippen molar-refractivity contribution in [2.75, 3.05) is 19.1 Å². The summed E-state index contributed by atoms with van der Waals surface area (Å²) in [6, 6.07) is 11.5. The van der Waals surface area contributed by atoms with Gasteiger partial charge in [0, 0.05) is 0 Å². The summed E-state index contributed by atoms with van der Waals surface area (Å²) in [6.07, 6.45) is 1.84. The number of para-hydroxylation sites is 1. The number of ether oxygens (including phenoxy) is 2. The van der Waals surface area contributed by atoms with Crippen LogP contribution in [0.4, 0.5) is 5.69 Å². The smallest absolute Gasteiger partial charge is 0.270 e. The van der Waals surface area contributed by atoms with Crippen LogP contribution in [0.5, 0.6) is 11.5 Å². The highest BCUT2D eigenvalue weighted by Crippen LogP contribution is 2.39. The summed E-state index contributed by atoms with van der Waals surface area (Å²) in [7, 11) is 3.20. The van der Waals surface area contributed by atoms with Crippen LogP contribution in [0.2, 0.25) is 0 Å². The van der Waals surface area contributed by atoms with E-state index in [1.807, 2.05) is 49.4 Å². The molecule has 1 aliphatic heterocycles. The van der Waals surface area contributed by atoms with Crippen LogP contribution in [-0.2, 0) is 4.79 Å². The summed E-state index contributed by atoms with van der Waals surface area (Å²) < 4.78 is 12.2. The molecule has 0 radical (unpaired) electrons. The lowest BCUT2D eigenvalue weighted by Crippen LogP contribution is -2.28. The van der Waals surface area contributed by atoms with E-state index in [-0.39, 0.29) is 5.91 Å². The van der Waals surface area contributed by atoms with E-state index in [4.69, 9.17) is 21.7 Å². The van der Waals surface area contributed by atoms with Crippen molar-refractivity contribution in [2.24, 2.45) is 0 Å². The molecule has 0 bridgehead atoms. The maximum atomic E-state index is 12.9. The van der Waals surface area contributed by atoms with Gasteiger partial charge in [0.05, 0.1) is 28.4 Å². The molecule has 26 heavy (non-hydrogen) atoms. The van der Waals surface area contributed by atoms with E-state index in [2.05, 4.69) is 22.6 Å². The fourth-order valence-corrected chi connectivity index (χ4v) is 4.79. The number of amides is 1. The van der Waals surface area contributed by atoms with Gasteiger partial charge >= 0.3 is 0 Å². The summed E-state index contributed by atoms with van der Waals surface area (Å²) in [5.41, 5.74) is 2.68. The van der Waals surface area contributed by atoms with Crippen molar-refractivity contribution in [3.8, 4) is 11.5 Å². The van der Waals surface area contributed by atoms with Crippen molar-refractivity contribution >= 4 is 68.6 Å². The van der Waals surface area contributed by atoms with Crippen molar-refractivity contribution in [2.45, 2.75) is 6.92 Å². The van der Waals surface area contributed by atoms with Crippen molar-refractivity contribution in [1.82, 2.24) is 0 Å². The van der Waals surface area contributed by atoms with Crippen LogP contribution in [-0.4, -0.2) is 24.4 Å². The molecule has 4 nitrogen and oxygen atoms in total. The third-order valence-corrected chi connectivity index (χ3v) is 6.01. The normalized spacial score (nSPS) is 15.7. The number of hydrogen-bond acceptors (Lipinski definition) is 5. The number of aryl methyl sites for hydroxylation is 1. The molecule has 0 atom stereocenters. The van der Waals surface area contributed by atoms with Crippen molar-refractivity contribution in [3.63, 3.8) is 0 Å². The summed E-state index contributed by atoms with van der Waals surface area (Å²) in [6.45, 7) is 1.97. The van der Waals surface area contributed by atoms with E-state index in [0.717, 1.165) is 20.4 Å². The number of carbonyl (C=O) groups is 1. The number of nitrogens with zero attached hydrogens (tertiary/aromatic N) is 1. The van der Waals surface area contributed by atoms with Crippen molar-refractivity contribution < 1.29 is 14.3 Å². The van der Waals surface area contributed by atoms with E-state index in [0.29, 0.717) is 20.7 Å². The summed E-state index contributed by atoms with van der Waals surface area (Å²) >= 11 is 8.94. The van der Waals surface area contributed by atoms with Gasteiger partial charge in [0.1, 0.15) is 0 Å². The highest BCUT2D eigenvalue weighted by atomic mass is 127. The molecule has 2 aromatic rings. The topological polar surface area (TPSA) is 38.8 Å². The van der Waals surface area contributed by atoms with Gasteiger partial charge < -0.3 is 9.47 Å². The lowest BCUT2D eigenvalue weighted by Gasteiger charge is -2.16. The fraction of sp³-hybridized carbons (Fsp3) is 0.158. The second-order valence-corrected chi connectivity index (χ2v) is 8.38. The fourth-order valence-electron chi connectivity index (χ4n) is 2.66. The minimum Gasteiger partial charge on any atom is -0.493 e. The quantitative estimate of drug-likeness (QED) is 0.337. The van der Waals surface area contributed by atoms with Crippen LogP contribution in [0.15, 0.2) is 41.3 Å². The van der Waals surface area contributed by atoms with E-state index in [9.17, 15) is 4.79 Å². The number of thiocarbonyl (C=S) groups is 1. The Morgan fingerprint density at radius 3 is 2.58 bits per heavy atom. The van der Waals surface area contributed by atoms with Gasteiger partial charge in [0.2, 0.25) is 0 Å². The van der Waals surface area contributed by atoms with E-state index < -0.39 is 0 Å². The number of carbonyl (C=O) groups excluding carboxylic acids is 1. The molecule has 1 fully saturated rings. The van der Waals surface area contributed by atoms with Gasteiger partial charge in [-0.3, -0.25) is 9.69 Å². The van der Waals surface area contributed by atoms with Crippen LogP contribution < -0.4 is 14.4 Å². The van der Waals surface area contributed by atoms with E-state index in [1.165, 1.54) is 11.8 Å². The number of thioether (sulfide) groups is 1. The van der Waals surface area contributed by atoms with Gasteiger partial charge in [-0.25, -0.2) is 0 Å². The Balaban J connectivity index is 1.99. The molecule has 0 N–H and O–H groups in total. The van der Waals surface area contributed by atoms with Gasteiger partial charge in [-0.1, -0.05) is 42.2 Å². The van der Waals surface area contributed by atoms with Gasteiger partial charge in [-0.2, -0.15) is 0 Å². The SMILES string of the molecule is COc1cc(/C=C2/SC(=S)N(c3ccccc3C)C2=O)cc(I)c1OC. The van der Waals surface area contributed by atoms with Crippen molar-refractivity contribution in [3.05, 3.63) is 56.0 Å². The zero-order valence-electron chi connectivity index (χ0n) is 14.4. The highest BCUT2D eigenvalue weighted by Gasteiger charge is 2.34. The average molecular weight is 497 g/mol. The molecule has 7 heteroatoms. The zero-order valence-corrected chi connectivity index (χ0v) is 18.2. The number of rotatable bonds is 4. The molecule has 134 valence electrons. The van der Waals surface area contributed by atoms with Gasteiger partial charge in [-0.05, 0) is 64.9 Å². The first kappa shape index (κ1) is 19.2.